The molecule has 0 bridgehead atoms. The minimum Gasteiger partial charge on any atom is -0.505 e. The highest BCUT2D eigenvalue weighted by molar-refractivity contribution is 6.32. The van der Waals surface area contributed by atoms with E-state index >= 15 is 0 Å². The van der Waals surface area contributed by atoms with Gasteiger partial charge < -0.3 is 10.1 Å². The maximum atomic E-state index is 14.3. The molecule has 2 aliphatic heterocycles. The fourth-order valence-electron chi connectivity index (χ4n) is 5.99. The molecule has 43 heavy (non-hydrogen) atoms. The SMILES string of the molecule is Oc1cc(CC(F)(F)F)c(-c2ccc3c(c2)C2=CC(c4nc5c([nH]4)CN(Cc4ccc(F)cc4)CC5)=CCC2=N3)cc1F. The molecule has 0 radical (unpaired) electrons. The summed E-state index contributed by atoms with van der Waals surface area (Å²) in [7, 11) is 0. The minimum atomic E-state index is -4.53. The summed E-state index contributed by atoms with van der Waals surface area (Å²) < 4.78 is 67.5. The van der Waals surface area contributed by atoms with Crippen molar-refractivity contribution in [2.45, 2.75) is 38.5 Å². The second-order valence-corrected chi connectivity index (χ2v) is 11.1. The molecule has 2 N–H and O–H groups in total. The Balaban J connectivity index is 1.16. The van der Waals surface area contributed by atoms with E-state index in [9.17, 15) is 27.1 Å². The molecule has 218 valence electrons. The number of fused-ring (bicyclic) bond motifs is 4. The topological polar surface area (TPSA) is 64.5 Å². The van der Waals surface area contributed by atoms with Crippen LogP contribution in [0.2, 0.25) is 0 Å². The third-order valence-electron chi connectivity index (χ3n) is 8.05. The van der Waals surface area contributed by atoms with Crippen LogP contribution in [0.4, 0.5) is 27.6 Å². The average Bonchev–Trinajstić information content (AvgIpc) is 3.56. The summed E-state index contributed by atoms with van der Waals surface area (Å²) in [4.78, 5) is 15.3. The third kappa shape index (κ3) is 5.38. The maximum Gasteiger partial charge on any atom is 0.393 e. The zero-order valence-corrected chi connectivity index (χ0v) is 22.8. The summed E-state index contributed by atoms with van der Waals surface area (Å²) in [6.07, 6.45) is -0.467. The van der Waals surface area contributed by atoms with Crippen LogP contribution >= 0.6 is 0 Å². The van der Waals surface area contributed by atoms with Crippen molar-refractivity contribution in [3.8, 4) is 16.9 Å². The van der Waals surface area contributed by atoms with E-state index in [0.29, 0.717) is 30.8 Å². The van der Waals surface area contributed by atoms with E-state index in [0.717, 1.165) is 70.3 Å². The molecule has 0 fully saturated rings. The van der Waals surface area contributed by atoms with Gasteiger partial charge in [0, 0.05) is 49.2 Å². The first kappa shape index (κ1) is 27.3. The molecular formula is C33H25F5N4O. The van der Waals surface area contributed by atoms with Crippen molar-refractivity contribution in [2.24, 2.45) is 4.99 Å². The van der Waals surface area contributed by atoms with Gasteiger partial charge in [0.2, 0.25) is 0 Å². The van der Waals surface area contributed by atoms with E-state index in [4.69, 9.17) is 9.98 Å². The third-order valence-corrected chi connectivity index (χ3v) is 8.05. The predicted molar refractivity (Wildman–Crippen MR) is 154 cm³/mol. The van der Waals surface area contributed by atoms with E-state index < -0.39 is 24.2 Å². The van der Waals surface area contributed by atoms with Crippen LogP contribution < -0.4 is 0 Å². The summed E-state index contributed by atoms with van der Waals surface area (Å²) in [6, 6.07) is 13.4. The lowest BCUT2D eigenvalue weighted by atomic mass is 9.90. The van der Waals surface area contributed by atoms with E-state index in [1.54, 1.807) is 30.3 Å². The van der Waals surface area contributed by atoms with Crippen molar-refractivity contribution in [1.82, 2.24) is 14.9 Å². The zero-order chi connectivity index (χ0) is 29.9. The standard InChI is InChI=1S/C33H25F5N4O/c34-22-5-1-18(2-6-22)16-42-10-9-29-30(17-42)41-32(40-29)20-4-8-28-25(12-20)24-11-19(3-7-27(24)39-28)23-14-26(35)31(43)13-21(23)15-33(36,37)38/h1-7,11-14,43H,8-10,15-17H2,(H,40,41). The Bertz CT molecular complexity index is 1850. The number of allylic oxidation sites excluding steroid dienone is 4. The summed E-state index contributed by atoms with van der Waals surface area (Å²) in [6.45, 7) is 2.22. The Morgan fingerprint density at radius 3 is 2.58 bits per heavy atom. The molecule has 0 atom stereocenters. The van der Waals surface area contributed by atoms with Crippen molar-refractivity contribution in [1.29, 1.82) is 0 Å². The van der Waals surface area contributed by atoms with Crippen LogP contribution in [0.25, 0.3) is 22.3 Å². The largest absolute Gasteiger partial charge is 0.505 e. The molecule has 1 aliphatic carbocycles. The molecule has 0 saturated carbocycles. The summed E-state index contributed by atoms with van der Waals surface area (Å²) >= 11 is 0. The Morgan fingerprint density at radius 1 is 0.977 bits per heavy atom. The highest BCUT2D eigenvalue weighted by atomic mass is 19.4. The molecule has 4 aromatic rings. The predicted octanol–water partition coefficient (Wildman–Crippen LogP) is 7.68. The van der Waals surface area contributed by atoms with Gasteiger partial charge in [-0.05, 0) is 64.7 Å². The number of phenols is 1. The number of halogens is 5. The lowest BCUT2D eigenvalue weighted by Crippen LogP contribution is -2.30. The lowest BCUT2D eigenvalue weighted by Gasteiger charge is -2.25. The van der Waals surface area contributed by atoms with Gasteiger partial charge in [-0.1, -0.05) is 24.3 Å². The van der Waals surface area contributed by atoms with Gasteiger partial charge in [-0.15, -0.1) is 0 Å². The van der Waals surface area contributed by atoms with Crippen LogP contribution in [0.3, 0.4) is 0 Å². The van der Waals surface area contributed by atoms with Crippen LogP contribution in [-0.4, -0.2) is 38.4 Å². The minimum absolute atomic E-state index is 0.0694. The van der Waals surface area contributed by atoms with E-state index in [-0.39, 0.29) is 16.9 Å². The van der Waals surface area contributed by atoms with E-state index in [2.05, 4.69) is 9.88 Å². The van der Waals surface area contributed by atoms with E-state index in [1.165, 1.54) is 12.1 Å². The summed E-state index contributed by atoms with van der Waals surface area (Å²) in [5.74, 6) is -1.33. The monoisotopic (exact) mass is 588 g/mol. The Morgan fingerprint density at radius 2 is 1.79 bits per heavy atom. The normalized spacial score (nSPS) is 16.3. The number of aromatic nitrogens is 2. The first-order chi connectivity index (χ1) is 20.6. The quantitative estimate of drug-likeness (QED) is 0.235. The molecule has 0 spiro atoms. The molecule has 0 saturated heterocycles. The highest BCUT2D eigenvalue weighted by Crippen LogP contribution is 2.43. The lowest BCUT2D eigenvalue weighted by molar-refractivity contribution is -0.127. The second-order valence-electron chi connectivity index (χ2n) is 11.1. The first-order valence-electron chi connectivity index (χ1n) is 13.9. The van der Waals surface area contributed by atoms with Crippen LogP contribution in [-0.2, 0) is 25.9 Å². The first-order valence-corrected chi connectivity index (χ1v) is 13.9. The van der Waals surface area contributed by atoms with Gasteiger partial charge in [-0.25, -0.2) is 13.8 Å². The van der Waals surface area contributed by atoms with Crippen LogP contribution in [0.15, 0.2) is 71.7 Å². The number of aliphatic imine (C=N–C) groups is 1. The number of benzene rings is 3. The number of hydrogen-bond acceptors (Lipinski definition) is 4. The molecule has 5 nitrogen and oxygen atoms in total. The Labute approximate surface area is 243 Å². The smallest absolute Gasteiger partial charge is 0.393 e. The number of hydrogen-bond donors (Lipinski definition) is 2. The van der Waals surface area contributed by atoms with E-state index in [1.807, 2.05) is 12.2 Å². The van der Waals surface area contributed by atoms with Crippen LogP contribution in [0, 0.1) is 11.6 Å². The maximum absolute atomic E-state index is 14.3. The van der Waals surface area contributed by atoms with Gasteiger partial charge in [-0.2, -0.15) is 13.2 Å². The van der Waals surface area contributed by atoms with Gasteiger partial charge >= 0.3 is 6.18 Å². The number of nitrogens with zero attached hydrogens (tertiary/aromatic N) is 3. The molecule has 3 heterocycles. The molecule has 0 amide bonds. The molecule has 10 heteroatoms. The number of aromatic amines is 1. The number of imidazole rings is 1. The molecule has 7 rings (SSSR count). The van der Waals surface area contributed by atoms with Crippen molar-refractivity contribution >= 4 is 22.5 Å². The zero-order valence-electron chi connectivity index (χ0n) is 22.8. The molecule has 0 unspecified atom stereocenters. The fourth-order valence-corrected chi connectivity index (χ4v) is 5.99. The van der Waals surface area contributed by atoms with Gasteiger partial charge in [0.05, 0.1) is 29.2 Å². The van der Waals surface area contributed by atoms with Gasteiger partial charge in [0.25, 0.3) is 0 Å². The average molecular weight is 589 g/mol. The number of rotatable bonds is 5. The molecular weight excluding hydrogens is 563 g/mol. The van der Waals surface area contributed by atoms with Crippen molar-refractivity contribution in [3.63, 3.8) is 0 Å². The highest BCUT2D eigenvalue weighted by Gasteiger charge is 2.31. The Kier molecular flexibility index (Phi) is 6.54. The molecule has 3 aromatic carbocycles. The number of H-pyrrole nitrogens is 1. The summed E-state index contributed by atoms with van der Waals surface area (Å²) in [5, 5.41) is 9.77. The molecule has 3 aliphatic rings. The second kappa shape index (κ2) is 10.3. The number of aromatic hydroxyl groups is 1. The van der Waals surface area contributed by atoms with Crippen LogP contribution in [0.1, 0.15) is 40.3 Å². The van der Waals surface area contributed by atoms with Crippen molar-refractivity contribution < 1.29 is 27.1 Å². The number of phenolic OH excluding ortho intramolecular Hbond substituents is 1. The number of nitrogens with one attached hydrogen (secondary N) is 1. The van der Waals surface area contributed by atoms with Gasteiger partial charge in [0.1, 0.15) is 11.6 Å². The van der Waals surface area contributed by atoms with Crippen molar-refractivity contribution in [2.75, 3.05) is 6.54 Å². The van der Waals surface area contributed by atoms with Crippen LogP contribution in [0.5, 0.6) is 5.75 Å². The summed E-state index contributed by atoms with van der Waals surface area (Å²) in [5.41, 5.74) is 7.34. The fraction of sp³-hybridized carbons (Fsp3) is 0.212. The Hall–Kier alpha value is -4.57. The van der Waals surface area contributed by atoms with Gasteiger partial charge in [-0.3, -0.25) is 9.89 Å². The molecule has 1 aromatic heterocycles. The number of alkyl halides is 3. The van der Waals surface area contributed by atoms with Crippen molar-refractivity contribution in [3.05, 3.63) is 112 Å². The van der Waals surface area contributed by atoms with Gasteiger partial charge in [0.15, 0.2) is 11.6 Å².